The van der Waals surface area contributed by atoms with Crippen molar-refractivity contribution in [2.45, 2.75) is 16.7 Å². The zero-order valence-electron chi connectivity index (χ0n) is 16.0. The Hall–Kier alpha value is -3.16. The number of carbonyl (C=O) groups excluding carboxylic acids is 2. The van der Waals surface area contributed by atoms with Crippen LogP contribution in [-0.4, -0.2) is 18.5 Å². The Morgan fingerprint density at radius 2 is 1.60 bits per heavy atom. The first-order valence-corrected chi connectivity index (χ1v) is 10.4. The van der Waals surface area contributed by atoms with E-state index in [1.807, 2.05) is 55.5 Å². The molecule has 4 rings (SSSR count). The number of amides is 3. The first kappa shape index (κ1) is 20.1. The summed E-state index contributed by atoms with van der Waals surface area (Å²) in [5.74, 6) is 0.0717. The molecule has 152 valence electrons. The Balaban J connectivity index is 1.42. The minimum Gasteiger partial charge on any atom is -0.483 e. The van der Waals surface area contributed by atoms with Crippen LogP contribution in [-0.2, 0) is 4.79 Å². The number of hydrogen-bond acceptors (Lipinski definition) is 4. The van der Waals surface area contributed by atoms with Gasteiger partial charge in [-0.15, -0.1) is 0 Å². The van der Waals surface area contributed by atoms with Gasteiger partial charge in [-0.25, -0.2) is 10.2 Å². The summed E-state index contributed by atoms with van der Waals surface area (Å²) in [6.45, 7) is 1.59. The van der Waals surface area contributed by atoms with Crippen molar-refractivity contribution in [3.05, 3.63) is 77.3 Å². The highest BCUT2D eigenvalue weighted by atomic mass is 35.5. The number of anilines is 2. The quantitative estimate of drug-likeness (QED) is 0.559. The van der Waals surface area contributed by atoms with E-state index in [0.29, 0.717) is 10.8 Å². The fraction of sp³-hybridized carbons (Fsp3) is 0.0909. The van der Waals surface area contributed by atoms with Crippen molar-refractivity contribution >= 4 is 46.7 Å². The molecule has 1 heterocycles. The van der Waals surface area contributed by atoms with Gasteiger partial charge in [-0.05, 0) is 55.0 Å². The lowest BCUT2D eigenvalue weighted by Gasteiger charge is -2.30. The molecule has 0 saturated carbocycles. The van der Waals surface area contributed by atoms with Gasteiger partial charge in [-0.2, -0.15) is 0 Å². The summed E-state index contributed by atoms with van der Waals surface area (Å²) in [7, 11) is 0. The van der Waals surface area contributed by atoms with Gasteiger partial charge in [0.25, 0.3) is 5.91 Å². The van der Waals surface area contributed by atoms with Crippen LogP contribution in [0.4, 0.5) is 16.2 Å². The highest BCUT2D eigenvalue weighted by molar-refractivity contribution is 7.99. The Kier molecular flexibility index (Phi) is 5.83. The molecule has 0 fully saturated rings. The summed E-state index contributed by atoms with van der Waals surface area (Å²) in [6, 6.07) is 19.9. The number of benzene rings is 3. The minimum absolute atomic E-state index is 0.244. The summed E-state index contributed by atoms with van der Waals surface area (Å²) in [4.78, 5) is 28.6. The van der Waals surface area contributed by atoms with Gasteiger partial charge in [0.2, 0.25) is 0 Å². The van der Waals surface area contributed by atoms with Crippen molar-refractivity contribution in [3.63, 3.8) is 0 Å². The Bertz CT molecular complexity index is 1080. The molecule has 6 nitrogen and oxygen atoms in total. The molecule has 0 spiro atoms. The molecule has 3 amide bonds. The molecular formula is C22H18ClN3O3S. The molecule has 8 heteroatoms. The number of halogens is 1. The topological polar surface area (TPSA) is 70.7 Å². The molecular weight excluding hydrogens is 422 g/mol. The first-order chi connectivity index (χ1) is 14.5. The zero-order valence-corrected chi connectivity index (χ0v) is 17.6. The summed E-state index contributed by atoms with van der Waals surface area (Å²) in [6.07, 6.45) is 0. The standard InChI is InChI=1S/C22H18ClN3O3S/c1-14-12-15(23)10-11-18(14)29-13-21(27)24-25-22(28)26-16-6-2-4-8-19(16)30-20-9-5-3-7-17(20)26/h2-12H,13H2,1H3,(H,24,27)(H,25,28). The molecule has 0 saturated heterocycles. The van der Waals surface area contributed by atoms with Gasteiger partial charge in [-0.3, -0.25) is 15.1 Å². The maximum absolute atomic E-state index is 12.9. The first-order valence-electron chi connectivity index (χ1n) is 9.17. The number of hydrogen-bond donors (Lipinski definition) is 2. The van der Waals surface area contributed by atoms with E-state index >= 15 is 0 Å². The van der Waals surface area contributed by atoms with E-state index in [2.05, 4.69) is 10.9 Å². The lowest BCUT2D eigenvalue weighted by Crippen LogP contribution is -2.49. The van der Waals surface area contributed by atoms with Gasteiger partial charge < -0.3 is 4.74 Å². The average molecular weight is 440 g/mol. The number of para-hydroxylation sites is 2. The number of urea groups is 1. The number of rotatable bonds is 3. The summed E-state index contributed by atoms with van der Waals surface area (Å²) < 4.78 is 5.50. The lowest BCUT2D eigenvalue weighted by atomic mass is 10.2. The van der Waals surface area contributed by atoms with E-state index in [9.17, 15) is 9.59 Å². The monoisotopic (exact) mass is 439 g/mol. The Morgan fingerprint density at radius 3 is 2.23 bits per heavy atom. The van der Waals surface area contributed by atoms with E-state index in [4.69, 9.17) is 16.3 Å². The van der Waals surface area contributed by atoms with E-state index in [1.165, 1.54) is 0 Å². The molecule has 3 aromatic carbocycles. The SMILES string of the molecule is Cc1cc(Cl)ccc1OCC(=O)NNC(=O)N1c2ccccc2Sc2ccccc21. The van der Waals surface area contributed by atoms with Gasteiger partial charge in [0.1, 0.15) is 5.75 Å². The Morgan fingerprint density at radius 1 is 0.967 bits per heavy atom. The van der Waals surface area contributed by atoms with Gasteiger partial charge >= 0.3 is 6.03 Å². The predicted molar refractivity (Wildman–Crippen MR) is 118 cm³/mol. The van der Waals surface area contributed by atoms with Crippen molar-refractivity contribution in [2.24, 2.45) is 0 Å². The Labute approximate surface area is 183 Å². The van der Waals surface area contributed by atoms with Crippen LogP contribution in [0.15, 0.2) is 76.5 Å². The second kappa shape index (κ2) is 8.69. The normalized spacial score (nSPS) is 11.9. The van der Waals surface area contributed by atoms with Crippen molar-refractivity contribution in [3.8, 4) is 5.75 Å². The maximum Gasteiger partial charge on any atom is 0.345 e. The van der Waals surface area contributed by atoms with Gasteiger partial charge in [-0.1, -0.05) is 47.6 Å². The summed E-state index contributed by atoms with van der Waals surface area (Å²) in [5.41, 5.74) is 7.20. The smallest absolute Gasteiger partial charge is 0.345 e. The lowest BCUT2D eigenvalue weighted by molar-refractivity contribution is -0.123. The fourth-order valence-corrected chi connectivity index (χ4v) is 4.34. The van der Waals surface area contributed by atoms with E-state index in [1.54, 1.807) is 34.9 Å². The number of aryl methyl sites for hydroxylation is 1. The highest BCUT2D eigenvalue weighted by Crippen LogP contribution is 2.47. The van der Waals surface area contributed by atoms with Crippen molar-refractivity contribution < 1.29 is 14.3 Å². The molecule has 0 radical (unpaired) electrons. The number of ether oxygens (including phenoxy) is 1. The summed E-state index contributed by atoms with van der Waals surface area (Å²) >= 11 is 7.52. The van der Waals surface area contributed by atoms with Crippen molar-refractivity contribution in [1.82, 2.24) is 10.9 Å². The van der Waals surface area contributed by atoms with Crippen LogP contribution in [0, 0.1) is 6.92 Å². The van der Waals surface area contributed by atoms with Gasteiger partial charge in [0.05, 0.1) is 11.4 Å². The molecule has 1 aliphatic rings. The second-order valence-corrected chi connectivity index (χ2v) is 8.07. The molecule has 0 bridgehead atoms. The number of carbonyl (C=O) groups is 2. The van der Waals surface area contributed by atoms with Crippen LogP contribution in [0.5, 0.6) is 5.75 Å². The molecule has 0 atom stereocenters. The van der Waals surface area contributed by atoms with E-state index < -0.39 is 11.9 Å². The van der Waals surface area contributed by atoms with Crippen LogP contribution >= 0.6 is 23.4 Å². The fourth-order valence-electron chi connectivity index (χ4n) is 3.06. The third-order valence-electron chi connectivity index (χ3n) is 4.44. The van der Waals surface area contributed by atoms with Crippen LogP contribution in [0.25, 0.3) is 0 Å². The number of fused-ring (bicyclic) bond motifs is 2. The number of nitrogens with zero attached hydrogens (tertiary/aromatic N) is 1. The van der Waals surface area contributed by atoms with Crippen LogP contribution in [0.1, 0.15) is 5.56 Å². The van der Waals surface area contributed by atoms with Crippen LogP contribution < -0.4 is 20.5 Å². The molecule has 30 heavy (non-hydrogen) atoms. The molecule has 1 aliphatic heterocycles. The van der Waals surface area contributed by atoms with Crippen LogP contribution in [0.2, 0.25) is 5.02 Å². The van der Waals surface area contributed by atoms with Crippen molar-refractivity contribution in [1.29, 1.82) is 0 Å². The number of nitrogens with one attached hydrogen (secondary N) is 2. The zero-order chi connectivity index (χ0) is 21.1. The van der Waals surface area contributed by atoms with Gasteiger partial charge in [0, 0.05) is 14.8 Å². The van der Waals surface area contributed by atoms with Crippen molar-refractivity contribution in [2.75, 3.05) is 11.5 Å². The minimum atomic E-state index is -0.481. The molecule has 3 aromatic rings. The third-order valence-corrected chi connectivity index (χ3v) is 5.81. The summed E-state index contributed by atoms with van der Waals surface area (Å²) in [5, 5.41) is 0.594. The third kappa shape index (κ3) is 4.22. The predicted octanol–water partition coefficient (Wildman–Crippen LogP) is 5.07. The van der Waals surface area contributed by atoms with E-state index in [-0.39, 0.29) is 6.61 Å². The second-order valence-electron chi connectivity index (χ2n) is 6.55. The molecule has 0 unspecified atom stereocenters. The average Bonchev–Trinajstić information content (AvgIpc) is 2.75. The highest BCUT2D eigenvalue weighted by Gasteiger charge is 2.28. The van der Waals surface area contributed by atoms with Gasteiger partial charge in [0.15, 0.2) is 6.61 Å². The largest absolute Gasteiger partial charge is 0.483 e. The molecule has 0 aliphatic carbocycles. The molecule has 2 N–H and O–H groups in total. The maximum atomic E-state index is 12.9. The molecule has 0 aromatic heterocycles. The number of hydrazine groups is 1. The van der Waals surface area contributed by atoms with Crippen LogP contribution in [0.3, 0.4) is 0 Å². The van der Waals surface area contributed by atoms with E-state index in [0.717, 1.165) is 26.7 Å².